The Balaban J connectivity index is 1.52. The van der Waals surface area contributed by atoms with Crippen molar-refractivity contribution in [1.29, 1.82) is 0 Å². The molecule has 0 bridgehead atoms. The van der Waals surface area contributed by atoms with E-state index in [-0.39, 0.29) is 5.91 Å². The van der Waals surface area contributed by atoms with Gasteiger partial charge in [-0.05, 0) is 49.1 Å². The van der Waals surface area contributed by atoms with Crippen molar-refractivity contribution in [3.8, 4) is 5.75 Å². The molecule has 1 aromatic heterocycles. The van der Waals surface area contributed by atoms with Gasteiger partial charge in [-0.15, -0.1) is 0 Å². The molecule has 0 spiro atoms. The lowest BCUT2D eigenvalue weighted by molar-refractivity contribution is 0.0945. The summed E-state index contributed by atoms with van der Waals surface area (Å²) in [5.41, 5.74) is 3.40. The van der Waals surface area contributed by atoms with Crippen LogP contribution in [0.3, 0.4) is 0 Å². The average Bonchev–Trinajstić information content (AvgIpc) is 2.76. The molecule has 2 aromatic carbocycles. The Bertz CT molecular complexity index is 927. The summed E-state index contributed by atoms with van der Waals surface area (Å²) < 4.78 is 5.14. The highest BCUT2D eigenvalue weighted by Crippen LogP contribution is 2.11. The average molecular weight is 390 g/mol. The van der Waals surface area contributed by atoms with Crippen molar-refractivity contribution in [3.05, 3.63) is 83.2 Å². The Hall–Kier alpha value is -3.41. The minimum atomic E-state index is -0.223. The number of hydrogen-bond donors (Lipinski definition) is 2. The molecule has 0 saturated heterocycles. The third-order valence-corrected chi connectivity index (χ3v) is 4.47. The predicted octanol–water partition coefficient (Wildman–Crippen LogP) is 3.77. The van der Waals surface area contributed by atoms with Crippen LogP contribution in [0.25, 0.3) is 0 Å². The largest absolute Gasteiger partial charge is 0.497 e. The molecule has 0 aliphatic heterocycles. The second-order valence-electron chi connectivity index (χ2n) is 6.76. The monoisotopic (exact) mass is 390 g/mol. The van der Waals surface area contributed by atoms with Gasteiger partial charge < -0.3 is 15.4 Å². The van der Waals surface area contributed by atoms with E-state index in [1.165, 1.54) is 5.56 Å². The third-order valence-electron chi connectivity index (χ3n) is 4.47. The predicted molar refractivity (Wildman–Crippen MR) is 114 cm³/mol. The van der Waals surface area contributed by atoms with Gasteiger partial charge in [0, 0.05) is 18.8 Å². The second kappa shape index (κ2) is 10.2. The van der Waals surface area contributed by atoms with E-state index in [2.05, 4.69) is 32.7 Å². The number of methoxy groups -OCH3 is 1. The van der Waals surface area contributed by atoms with Crippen LogP contribution < -0.4 is 15.4 Å². The SMILES string of the molecule is COc1ccc(CNC(=O)c2cc(C)nc(NCCCc3ccccc3)n2)cc1. The normalized spacial score (nSPS) is 10.4. The van der Waals surface area contributed by atoms with E-state index >= 15 is 0 Å². The first-order chi connectivity index (χ1) is 14.1. The number of ether oxygens (including phenoxy) is 1. The Morgan fingerprint density at radius 1 is 1.00 bits per heavy atom. The van der Waals surface area contributed by atoms with Gasteiger partial charge in [0.25, 0.3) is 5.91 Å². The molecule has 1 amide bonds. The summed E-state index contributed by atoms with van der Waals surface area (Å²) >= 11 is 0. The number of carbonyl (C=O) groups is 1. The van der Waals surface area contributed by atoms with Crippen LogP contribution in [0.1, 0.15) is 33.7 Å². The summed E-state index contributed by atoms with van der Waals surface area (Å²) in [6.45, 7) is 3.02. The highest BCUT2D eigenvalue weighted by atomic mass is 16.5. The number of aryl methyl sites for hydroxylation is 2. The molecule has 3 aromatic rings. The second-order valence-corrected chi connectivity index (χ2v) is 6.76. The summed E-state index contributed by atoms with van der Waals surface area (Å²) in [5.74, 6) is 1.04. The zero-order valence-corrected chi connectivity index (χ0v) is 16.8. The van der Waals surface area contributed by atoms with Crippen LogP contribution in [-0.2, 0) is 13.0 Å². The molecule has 3 rings (SSSR count). The fourth-order valence-corrected chi connectivity index (χ4v) is 2.92. The van der Waals surface area contributed by atoms with Crippen LogP contribution in [0.15, 0.2) is 60.7 Å². The molecule has 0 aliphatic carbocycles. The number of aromatic nitrogens is 2. The quantitative estimate of drug-likeness (QED) is 0.544. The van der Waals surface area contributed by atoms with E-state index in [0.29, 0.717) is 18.2 Å². The minimum absolute atomic E-state index is 0.223. The number of amides is 1. The molecule has 0 atom stereocenters. The number of carbonyl (C=O) groups excluding carboxylic acids is 1. The van der Waals surface area contributed by atoms with Crippen molar-refractivity contribution >= 4 is 11.9 Å². The fourth-order valence-electron chi connectivity index (χ4n) is 2.92. The summed E-state index contributed by atoms with van der Waals surface area (Å²) in [6.07, 6.45) is 1.94. The fraction of sp³-hybridized carbons (Fsp3) is 0.261. The Labute approximate surface area is 171 Å². The standard InChI is InChI=1S/C23H26N4O2/c1-17-15-21(22(28)25-16-19-10-12-20(29-2)13-11-19)27-23(26-17)24-14-6-9-18-7-4-3-5-8-18/h3-5,7-8,10-13,15H,6,9,14,16H2,1-2H3,(H,25,28)(H,24,26,27). The molecule has 0 aliphatic rings. The van der Waals surface area contributed by atoms with Gasteiger partial charge in [0.2, 0.25) is 5.95 Å². The van der Waals surface area contributed by atoms with Crippen molar-refractivity contribution in [2.24, 2.45) is 0 Å². The van der Waals surface area contributed by atoms with E-state index < -0.39 is 0 Å². The molecular weight excluding hydrogens is 364 g/mol. The molecular formula is C23H26N4O2. The number of anilines is 1. The first-order valence-corrected chi connectivity index (χ1v) is 9.68. The molecule has 0 saturated carbocycles. The van der Waals surface area contributed by atoms with Crippen LogP contribution in [0.4, 0.5) is 5.95 Å². The van der Waals surface area contributed by atoms with Crippen molar-refractivity contribution in [2.45, 2.75) is 26.3 Å². The maximum atomic E-state index is 12.5. The van der Waals surface area contributed by atoms with E-state index in [4.69, 9.17) is 4.74 Å². The maximum absolute atomic E-state index is 12.5. The van der Waals surface area contributed by atoms with Gasteiger partial charge in [0.15, 0.2) is 0 Å². The molecule has 0 radical (unpaired) electrons. The number of nitrogens with zero attached hydrogens (tertiary/aromatic N) is 2. The van der Waals surface area contributed by atoms with Crippen LogP contribution in [-0.4, -0.2) is 29.5 Å². The molecule has 6 heteroatoms. The van der Waals surface area contributed by atoms with Gasteiger partial charge >= 0.3 is 0 Å². The molecule has 2 N–H and O–H groups in total. The first kappa shape index (κ1) is 20.3. The van der Waals surface area contributed by atoms with Crippen LogP contribution in [0.2, 0.25) is 0 Å². The van der Waals surface area contributed by atoms with E-state index in [9.17, 15) is 4.79 Å². The lowest BCUT2D eigenvalue weighted by Gasteiger charge is -2.09. The van der Waals surface area contributed by atoms with E-state index in [0.717, 1.165) is 36.4 Å². The number of hydrogen-bond acceptors (Lipinski definition) is 5. The summed E-state index contributed by atoms with van der Waals surface area (Å²) in [7, 11) is 1.63. The highest BCUT2D eigenvalue weighted by molar-refractivity contribution is 5.92. The van der Waals surface area contributed by atoms with Crippen molar-refractivity contribution in [3.63, 3.8) is 0 Å². The molecule has 0 unspecified atom stereocenters. The van der Waals surface area contributed by atoms with Crippen molar-refractivity contribution in [2.75, 3.05) is 19.0 Å². The lowest BCUT2D eigenvalue weighted by Crippen LogP contribution is -2.24. The zero-order valence-electron chi connectivity index (χ0n) is 16.8. The maximum Gasteiger partial charge on any atom is 0.270 e. The minimum Gasteiger partial charge on any atom is -0.497 e. The molecule has 6 nitrogen and oxygen atoms in total. The highest BCUT2D eigenvalue weighted by Gasteiger charge is 2.10. The van der Waals surface area contributed by atoms with Gasteiger partial charge in [-0.3, -0.25) is 4.79 Å². The number of nitrogens with one attached hydrogen (secondary N) is 2. The number of benzene rings is 2. The zero-order chi connectivity index (χ0) is 20.5. The smallest absolute Gasteiger partial charge is 0.270 e. The van der Waals surface area contributed by atoms with Gasteiger partial charge in [0.05, 0.1) is 7.11 Å². The van der Waals surface area contributed by atoms with E-state index in [1.807, 2.05) is 49.4 Å². The molecule has 150 valence electrons. The number of rotatable bonds is 9. The van der Waals surface area contributed by atoms with Crippen molar-refractivity contribution in [1.82, 2.24) is 15.3 Å². The van der Waals surface area contributed by atoms with Gasteiger partial charge in [-0.2, -0.15) is 0 Å². The Morgan fingerprint density at radius 3 is 2.48 bits per heavy atom. The molecule has 29 heavy (non-hydrogen) atoms. The van der Waals surface area contributed by atoms with Gasteiger partial charge in [-0.25, -0.2) is 9.97 Å². The molecule has 0 fully saturated rings. The lowest BCUT2D eigenvalue weighted by atomic mass is 10.1. The van der Waals surface area contributed by atoms with E-state index in [1.54, 1.807) is 13.2 Å². The Kier molecular flexibility index (Phi) is 7.16. The van der Waals surface area contributed by atoms with Crippen LogP contribution in [0, 0.1) is 6.92 Å². The van der Waals surface area contributed by atoms with Gasteiger partial charge in [-0.1, -0.05) is 42.5 Å². The van der Waals surface area contributed by atoms with Crippen LogP contribution >= 0.6 is 0 Å². The van der Waals surface area contributed by atoms with Gasteiger partial charge in [0.1, 0.15) is 11.4 Å². The summed E-state index contributed by atoms with van der Waals surface area (Å²) in [5, 5.41) is 6.12. The summed E-state index contributed by atoms with van der Waals surface area (Å²) in [4.78, 5) is 21.3. The molecule has 1 heterocycles. The Morgan fingerprint density at radius 2 is 1.76 bits per heavy atom. The summed E-state index contributed by atoms with van der Waals surface area (Å²) in [6, 6.07) is 19.6. The first-order valence-electron chi connectivity index (χ1n) is 9.68. The topological polar surface area (TPSA) is 76.1 Å². The third kappa shape index (κ3) is 6.31. The van der Waals surface area contributed by atoms with Crippen LogP contribution in [0.5, 0.6) is 5.75 Å². The van der Waals surface area contributed by atoms with Crippen molar-refractivity contribution < 1.29 is 9.53 Å².